The van der Waals surface area contributed by atoms with Gasteiger partial charge in [-0.2, -0.15) is 0 Å². The van der Waals surface area contributed by atoms with E-state index in [9.17, 15) is 9.59 Å². The third kappa shape index (κ3) is 5.17. The van der Waals surface area contributed by atoms with E-state index in [2.05, 4.69) is 12.2 Å². The second-order valence-corrected chi connectivity index (χ2v) is 5.50. The molecule has 0 aliphatic carbocycles. The Labute approximate surface area is 133 Å². The maximum atomic E-state index is 12.0. The fourth-order valence-corrected chi connectivity index (χ4v) is 2.47. The van der Waals surface area contributed by atoms with Gasteiger partial charge in [-0.1, -0.05) is 32.9 Å². The summed E-state index contributed by atoms with van der Waals surface area (Å²) >= 11 is 0. The maximum absolute atomic E-state index is 12.0. The normalized spacial score (nSPS) is 10.6. The highest BCUT2D eigenvalue weighted by Gasteiger charge is 2.15. The van der Waals surface area contributed by atoms with E-state index in [1.165, 1.54) is 5.56 Å². The molecular weight excluding hydrogens is 276 g/mol. The quantitative estimate of drug-likeness (QED) is 0.802. The Morgan fingerprint density at radius 2 is 1.68 bits per heavy atom. The molecule has 1 rings (SSSR count). The molecule has 0 aliphatic heterocycles. The van der Waals surface area contributed by atoms with Crippen LogP contribution in [0.15, 0.2) is 24.3 Å². The van der Waals surface area contributed by atoms with E-state index < -0.39 is 0 Å². The minimum atomic E-state index is -0.0129. The Hall–Kier alpha value is -1.84. The van der Waals surface area contributed by atoms with E-state index >= 15 is 0 Å². The summed E-state index contributed by atoms with van der Waals surface area (Å²) in [6.07, 6.45) is 2.67. The van der Waals surface area contributed by atoms with Crippen LogP contribution < -0.4 is 10.2 Å². The highest BCUT2D eigenvalue weighted by molar-refractivity contribution is 5.91. The summed E-state index contributed by atoms with van der Waals surface area (Å²) in [6.45, 7) is 8.66. The molecule has 2 amide bonds. The van der Waals surface area contributed by atoms with Crippen LogP contribution in [-0.2, 0) is 16.0 Å². The standard InChI is InChI=1S/C18H28N2O2/c1-5-15-8-10-17(11-9-15)20(14(4)21)13-12-19-18(22)16(6-2)7-3/h8-11,16H,5-7,12-13H2,1-4H3,(H,19,22). The molecule has 0 aliphatic rings. The van der Waals surface area contributed by atoms with Gasteiger partial charge in [0.25, 0.3) is 0 Å². The van der Waals surface area contributed by atoms with Crippen molar-refractivity contribution in [2.45, 2.75) is 47.0 Å². The third-order valence-electron chi connectivity index (χ3n) is 4.03. The molecule has 0 fully saturated rings. The van der Waals surface area contributed by atoms with Crippen molar-refractivity contribution >= 4 is 17.5 Å². The number of nitrogens with zero attached hydrogens (tertiary/aromatic N) is 1. The first-order valence-corrected chi connectivity index (χ1v) is 8.18. The number of carbonyl (C=O) groups is 2. The van der Waals surface area contributed by atoms with Crippen LogP contribution >= 0.6 is 0 Å². The van der Waals surface area contributed by atoms with Gasteiger partial charge in [-0.15, -0.1) is 0 Å². The molecule has 1 aromatic rings. The minimum absolute atomic E-state index is 0.0129. The van der Waals surface area contributed by atoms with Crippen molar-refractivity contribution in [3.8, 4) is 0 Å². The van der Waals surface area contributed by atoms with Gasteiger partial charge in [-0.05, 0) is 37.0 Å². The lowest BCUT2D eigenvalue weighted by atomic mass is 10.0. The van der Waals surface area contributed by atoms with Crippen LogP contribution in [0, 0.1) is 5.92 Å². The number of aryl methyl sites for hydroxylation is 1. The van der Waals surface area contributed by atoms with Gasteiger partial charge in [0.15, 0.2) is 0 Å². The molecule has 1 aromatic carbocycles. The van der Waals surface area contributed by atoms with Crippen molar-refractivity contribution in [2.24, 2.45) is 5.92 Å². The minimum Gasteiger partial charge on any atom is -0.354 e. The van der Waals surface area contributed by atoms with E-state index in [-0.39, 0.29) is 17.7 Å². The van der Waals surface area contributed by atoms with Crippen molar-refractivity contribution in [2.75, 3.05) is 18.0 Å². The number of amides is 2. The van der Waals surface area contributed by atoms with Crippen LogP contribution in [0.5, 0.6) is 0 Å². The molecule has 0 saturated carbocycles. The van der Waals surface area contributed by atoms with Gasteiger partial charge < -0.3 is 10.2 Å². The van der Waals surface area contributed by atoms with E-state index in [1.54, 1.807) is 11.8 Å². The molecule has 0 spiro atoms. The number of hydrogen-bond acceptors (Lipinski definition) is 2. The van der Waals surface area contributed by atoms with Gasteiger partial charge >= 0.3 is 0 Å². The van der Waals surface area contributed by atoms with Crippen LogP contribution in [-0.4, -0.2) is 24.9 Å². The highest BCUT2D eigenvalue weighted by atomic mass is 16.2. The first-order valence-electron chi connectivity index (χ1n) is 8.18. The number of benzene rings is 1. The lowest BCUT2D eigenvalue weighted by Gasteiger charge is -2.22. The second-order valence-electron chi connectivity index (χ2n) is 5.50. The fraction of sp³-hybridized carbons (Fsp3) is 0.556. The molecule has 0 unspecified atom stereocenters. The number of rotatable bonds is 8. The zero-order chi connectivity index (χ0) is 16.5. The highest BCUT2D eigenvalue weighted by Crippen LogP contribution is 2.15. The largest absolute Gasteiger partial charge is 0.354 e. The molecule has 0 bridgehead atoms. The average molecular weight is 304 g/mol. The molecule has 4 nitrogen and oxygen atoms in total. The van der Waals surface area contributed by atoms with E-state index in [1.807, 2.05) is 38.1 Å². The summed E-state index contributed by atoms with van der Waals surface area (Å²) < 4.78 is 0. The summed E-state index contributed by atoms with van der Waals surface area (Å²) in [6, 6.07) is 7.99. The van der Waals surface area contributed by atoms with Gasteiger partial charge in [0, 0.05) is 31.6 Å². The predicted molar refractivity (Wildman–Crippen MR) is 90.9 cm³/mol. The van der Waals surface area contributed by atoms with Crippen molar-refractivity contribution in [3.63, 3.8) is 0 Å². The molecule has 0 saturated heterocycles. The Kier molecular flexibility index (Phi) is 7.64. The first kappa shape index (κ1) is 18.2. The summed E-state index contributed by atoms with van der Waals surface area (Å²) in [4.78, 5) is 25.5. The van der Waals surface area contributed by atoms with Gasteiger partial charge in [-0.3, -0.25) is 9.59 Å². The number of hydrogen-bond donors (Lipinski definition) is 1. The lowest BCUT2D eigenvalue weighted by molar-refractivity contribution is -0.125. The second kappa shape index (κ2) is 9.23. The molecule has 1 N–H and O–H groups in total. The lowest BCUT2D eigenvalue weighted by Crippen LogP contribution is -2.39. The number of anilines is 1. The first-order chi connectivity index (χ1) is 10.5. The average Bonchev–Trinajstić information content (AvgIpc) is 2.52. The van der Waals surface area contributed by atoms with E-state index in [4.69, 9.17) is 0 Å². The Morgan fingerprint density at radius 1 is 1.09 bits per heavy atom. The molecular formula is C18H28N2O2. The van der Waals surface area contributed by atoms with Crippen LogP contribution in [0.4, 0.5) is 5.69 Å². The molecule has 122 valence electrons. The summed E-state index contributed by atoms with van der Waals surface area (Å²) in [5.41, 5.74) is 2.12. The van der Waals surface area contributed by atoms with Crippen molar-refractivity contribution in [3.05, 3.63) is 29.8 Å². The fourth-order valence-electron chi connectivity index (χ4n) is 2.47. The van der Waals surface area contributed by atoms with Gasteiger partial charge in [0.1, 0.15) is 0 Å². The van der Waals surface area contributed by atoms with Crippen molar-refractivity contribution < 1.29 is 9.59 Å². The summed E-state index contributed by atoms with van der Waals surface area (Å²) in [5.74, 6) is 0.130. The Bertz CT molecular complexity index is 478. The third-order valence-corrected chi connectivity index (χ3v) is 4.03. The van der Waals surface area contributed by atoms with E-state index in [0.29, 0.717) is 13.1 Å². The van der Waals surface area contributed by atoms with Crippen LogP contribution in [0.1, 0.15) is 46.1 Å². The van der Waals surface area contributed by atoms with Crippen molar-refractivity contribution in [1.29, 1.82) is 0 Å². The Balaban J connectivity index is 2.61. The predicted octanol–water partition coefficient (Wildman–Crippen LogP) is 3.15. The molecule has 4 heteroatoms. The zero-order valence-corrected chi connectivity index (χ0v) is 14.2. The topological polar surface area (TPSA) is 49.4 Å². The maximum Gasteiger partial charge on any atom is 0.223 e. The number of nitrogens with one attached hydrogen (secondary N) is 1. The van der Waals surface area contributed by atoms with Crippen LogP contribution in [0.25, 0.3) is 0 Å². The molecule has 0 atom stereocenters. The van der Waals surface area contributed by atoms with Gasteiger partial charge in [-0.25, -0.2) is 0 Å². The van der Waals surface area contributed by atoms with Gasteiger partial charge in [0.2, 0.25) is 11.8 Å². The molecule has 0 radical (unpaired) electrons. The zero-order valence-electron chi connectivity index (χ0n) is 14.2. The van der Waals surface area contributed by atoms with Crippen molar-refractivity contribution in [1.82, 2.24) is 5.32 Å². The van der Waals surface area contributed by atoms with Crippen LogP contribution in [0.2, 0.25) is 0 Å². The monoisotopic (exact) mass is 304 g/mol. The molecule has 0 aromatic heterocycles. The smallest absolute Gasteiger partial charge is 0.223 e. The van der Waals surface area contributed by atoms with E-state index in [0.717, 1.165) is 24.9 Å². The summed E-state index contributed by atoms with van der Waals surface area (Å²) in [5, 5.41) is 2.93. The summed E-state index contributed by atoms with van der Waals surface area (Å²) in [7, 11) is 0. The van der Waals surface area contributed by atoms with Crippen LogP contribution in [0.3, 0.4) is 0 Å². The SMILES string of the molecule is CCc1ccc(N(CCNC(=O)C(CC)CC)C(C)=O)cc1. The van der Waals surface area contributed by atoms with Gasteiger partial charge in [0.05, 0.1) is 0 Å². The molecule has 22 heavy (non-hydrogen) atoms. The molecule has 0 heterocycles. The Morgan fingerprint density at radius 3 is 2.14 bits per heavy atom. The number of carbonyl (C=O) groups excluding carboxylic acids is 2.